The zero-order valence-electron chi connectivity index (χ0n) is 8.64. The molecule has 0 aliphatic heterocycles. The van der Waals surface area contributed by atoms with Gasteiger partial charge in [-0.3, -0.25) is 0 Å². The van der Waals surface area contributed by atoms with Crippen molar-refractivity contribution in [3.05, 3.63) is 6.92 Å². The maximum absolute atomic E-state index is 5.62. The van der Waals surface area contributed by atoms with Crippen molar-refractivity contribution in [3.8, 4) is 0 Å². The lowest BCUT2D eigenvalue weighted by Gasteiger charge is -2.14. The van der Waals surface area contributed by atoms with Crippen molar-refractivity contribution in [1.82, 2.24) is 0 Å². The van der Waals surface area contributed by atoms with E-state index < -0.39 is 0 Å². The Kier molecular flexibility index (Phi) is 9.02. The third-order valence-electron chi connectivity index (χ3n) is 2.01. The molecule has 0 aromatic heterocycles. The highest BCUT2D eigenvalue weighted by atomic mass is 16.5. The summed E-state index contributed by atoms with van der Waals surface area (Å²) in [5, 5.41) is 0. The van der Waals surface area contributed by atoms with Crippen molar-refractivity contribution in [2.75, 3.05) is 6.61 Å². The summed E-state index contributed by atoms with van der Waals surface area (Å²) in [4.78, 5) is 0. The Morgan fingerprint density at radius 3 is 2.42 bits per heavy atom. The molecule has 0 aromatic rings. The van der Waals surface area contributed by atoms with E-state index in [9.17, 15) is 0 Å². The second-order valence-electron chi connectivity index (χ2n) is 3.28. The normalized spacial score (nSPS) is 13.2. The molecule has 0 saturated carbocycles. The van der Waals surface area contributed by atoms with Gasteiger partial charge in [0, 0.05) is 6.61 Å². The van der Waals surface area contributed by atoms with Gasteiger partial charge in [-0.15, -0.1) is 0 Å². The lowest BCUT2D eigenvalue weighted by molar-refractivity contribution is 0.0478. The summed E-state index contributed by atoms with van der Waals surface area (Å²) >= 11 is 0. The first-order valence-electron chi connectivity index (χ1n) is 5.26. The zero-order chi connectivity index (χ0) is 9.23. The maximum Gasteiger partial charge on any atom is 0.0575 e. The predicted octanol–water partition coefficient (Wildman–Crippen LogP) is 3.59. The SMILES string of the molecule is [CH2]CC(CCCCC)OCCC. The van der Waals surface area contributed by atoms with E-state index in [-0.39, 0.29) is 0 Å². The summed E-state index contributed by atoms with van der Waals surface area (Å²) in [5.41, 5.74) is 0. The standard InChI is InChI=1S/C11H23O/c1-4-7-8-9-11(6-3)12-10-5-2/h11H,3-10H2,1-2H3. The third kappa shape index (κ3) is 6.66. The number of ether oxygens (including phenoxy) is 1. The summed E-state index contributed by atoms with van der Waals surface area (Å²) in [5.74, 6) is 0. The van der Waals surface area contributed by atoms with Gasteiger partial charge in [-0.1, -0.05) is 40.0 Å². The van der Waals surface area contributed by atoms with Gasteiger partial charge in [0.15, 0.2) is 0 Å². The minimum atomic E-state index is 0.413. The van der Waals surface area contributed by atoms with Crippen molar-refractivity contribution in [2.45, 2.75) is 58.5 Å². The first kappa shape index (κ1) is 12.0. The molecular weight excluding hydrogens is 148 g/mol. The van der Waals surface area contributed by atoms with Gasteiger partial charge in [0.25, 0.3) is 0 Å². The first-order chi connectivity index (χ1) is 5.85. The van der Waals surface area contributed by atoms with Crippen LogP contribution in [0.4, 0.5) is 0 Å². The zero-order valence-corrected chi connectivity index (χ0v) is 8.64. The van der Waals surface area contributed by atoms with Crippen LogP contribution in [0, 0.1) is 6.92 Å². The highest BCUT2D eigenvalue weighted by molar-refractivity contribution is 4.59. The highest BCUT2D eigenvalue weighted by Gasteiger charge is 2.04. The topological polar surface area (TPSA) is 9.23 Å². The Morgan fingerprint density at radius 2 is 1.92 bits per heavy atom. The minimum Gasteiger partial charge on any atom is -0.378 e. The molecule has 0 N–H and O–H groups in total. The van der Waals surface area contributed by atoms with Gasteiger partial charge in [0.05, 0.1) is 6.10 Å². The van der Waals surface area contributed by atoms with E-state index in [0.29, 0.717) is 6.10 Å². The summed E-state index contributed by atoms with van der Waals surface area (Å²) in [6, 6.07) is 0. The lowest BCUT2D eigenvalue weighted by atomic mass is 10.1. The van der Waals surface area contributed by atoms with E-state index in [1.165, 1.54) is 25.7 Å². The van der Waals surface area contributed by atoms with Gasteiger partial charge in [-0.05, 0) is 19.3 Å². The van der Waals surface area contributed by atoms with Crippen LogP contribution < -0.4 is 0 Å². The Hall–Kier alpha value is -0.0400. The lowest BCUT2D eigenvalue weighted by Crippen LogP contribution is -2.12. The molecule has 0 amide bonds. The van der Waals surface area contributed by atoms with Crippen LogP contribution in [0.15, 0.2) is 0 Å². The van der Waals surface area contributed by atoms with Crippen molar-refractivity contribution in [2.24, 2.45) is 0 Å². The number of hydrogen-bond acceptors (Lipinski definition) is 1. The van der Waals surface area contributed by atoms with E-state index >= 15 is 0 Å². The molecule has 0 aliphatic rings. The fourth-order valence-corrected chi connectivity index (χ4v) is 1.22. The van der Waals surface area contributed by atoms with Crippen molar-refractivity contribution in [1.29, 1.82) is 0 Å². The van der Waals surface area contributed by atoms with Crippen LogP contribution in [-0.2, 0) is 4.74 Å². The second kappa shape index (κ2) is 9.05. The van der Waals surface area contributed by atoms with Crippen LogP contribution in [0.25, 0.3) is 0 Å². The number of unbranched alkanes of at least 4 members (excludes halogenated alkanes) is 2. The molecule has 0 bridgehead atoms. The van der Waals surface area contributed by atoms with E-state index in [4.69, 9.17) is 4.74 Å². The molecule has 0 rings (SSSR count). The molecule has 1 unspecified atom stereocenters. The molecule has 0 heterocycles. The van der Waals surface area contributed by atoms with Gasteiger partial charge in [-0.25, -0.2) is 0 Å². The summed E-state index contributed by atoms with van der Waals surface area (Å²) < 4.78 is 5.62. The van der Waals surface area contributed by atoms with Crippen LogP contribution >= 0.6 is 0 Å². The molecule has 73 valence electrons. The maximum atomic E-state index is 5.62. The molecule has 1 atom stereocenters. The van der Waals surface area contributed by atoms with E-state index in [0.717, 1.165) is 19.4 Å². The van der Waals surface area contributed by atoms with Crippen molar-refractivity contribution in [3.63, 3.8) is 0 Å². The Balaban J connectivity index is 3.26. The molecule has 0 aliphatic carbocycles. The van der Waals surface area contributed by atoms with E-state index in [1.54, 1.807) is 0 Å². The Bertz CT molecular complexity index is 81.1. The van der Waals surface area contributed by atoms with Crippen LogP contribution in [-0.4, -0.2) is 12.7 Å². The van der Waals surface area contributed by atoms with Crippen molar-refractivity contribution < 1.29 is 4.74 Å². The predicted molar refractivity (Wildman–Crippen MR) is 54.1 cm³/mol. The van der Waals surface area contributed by atoms with Gasteiger partial charge < -0.3 is 4.74 Å². The van der Waals surface area contributed by atoms with E-state index in [2.05, 4.69) is 20.8 Å². The molecular formula is C11H23O. The molecule has 1 radical (unpaired) electrons. The molecule has 0 saturated heterocycles. The van der Waals surface area contributed by atoms with Crippen LogP contribution in [0.3, 0.4) is 0 Å². The molecule has 0 aromatic carbocycles. The average Bonchev–Trinajstić information content (AvgIpc) is 2.11. The summed E-state index contributed by atoms with van der Waals surface area (Å²) in [6.45, 7) is 9.16. The molecule has 0 fully saturated rings. The molecule has 1 nitrogen and oxygen atoms in total. The average molecular weight is 171 g/mol. The van der Waals surface area contributed by atoms with Crippen LogP contribution in [0.1, 0.15) is 52.4 Å². The summed E-state index contributed by atoms with van der Waals surface area (Å²) in [7, 11) is 0. The number of hydrogen-bond donors (Lipinski definition) is 0. The fraction of sp³-hybridized carbons (Fsp3) is 0.909. The van der Waals surface area contributed by atoms with Gasteiger partial charge in [0.2, 0.25) is 0 Å². The molecule has 12 heavy (non-hydrogen) atoms. The van der Waals surface area contributed by atoms with Crippen LogP contribution in [0.5, 0.6) is 0 Å². The second-order valence-corrected chi connectivity index (χ2v) is 3.28. The quantitative estimate of drug-likeness (QED) is 0.507. The van der Waals surface area contributed by atoms with Crippen molar-refractivity contribution >= 4 is 0 Å². The first-order valence-corrected chi connectivity index (χ1v) is 5.26. The molecule has 0 spiro atoms. The van der Waals surface area contributed by atoms with E-state index in [1.807, 2.05) is 0 Å². The Morgan fingerprint density at radius 1 is 1.17 bits per heavy atom. The fourth-order valence-electron chi connectivity index (χ4n) is 1.22. The molecule has 1 heteroatoms. The minimum absolute atomic E-state index is 0.413. The third-order valence-corrected chi connectivity index (χ3v) is 2.01. The monoisotopic (exact) mass is 171 g/mol. The van der Waals surface area contributed by atoms with Gasteiger partial charge in [0.1, 0.15) is 0 Å². The Labute approximate surface area is 77.5 Å². The smallest absolute Gasteiger partial charge is 0.0575 e. The number of rotatable bonds is 8. The largest absolute Gasteiger partial charge is 0.378 e. The van der Waals surface area contributed by atoms with Gasteiger partial charge in [-0.2, -0.15) is 0 Å². The van der Waals surface area contributed by atoms with Gasteiger partial charge >= 0.3 is 0 Å². The van der Waals surface area contributed by atoms with Crippen LogP contribution in [0.2, 0.25) is 0 Å². The highest BCUT2D eigenvalue weighted by Crippen LogP contribution is 2.09. The summed E-state index contributed by atoms with van der Waals surface area (Å²) in [6.07, 6.45) is 7.55.